The van der Waals surface area contributed by atoms with E-state index in [2.05, 4.69) is 10.1 Å². The van der Waals surface area contributed by atoms with E-state index in [0.29, 0.717) is 10.2 Å². The lowest BCUT2D eigenvalue weighted by Crippen LogP contribution is -2.35. The minimum absolute atomic E-state index is 0.0269. The maximum absolute atomic E-state index is 12.3. The number of amides is 1. The molecule has 8 heteroatoms. The maximum Gasteiger partial charge on any atom is 0.283 e. The van der Waals surface area contributed by atoms with Gasteiger partial charge in [0.05, 0.1) is 10.5 Å². The predicted octanol–water partition coefficient (Wildman–Crippen LogP) is 4.07. The third-order valence-corrected chi connectivity index (χ3v) is 5.57. The minimum Gasteiger partial charge on any atom is -0.282 e. The molecule has 24 heavy (non-hydrogen) atoms. The van der Waals surface area contributed by atoms with Gasteiger partial charge in [0.1, 0.15) is 5.04 Å². The third kappa shape index (κ3) is 2.71. The van der Waals surface area contributed by atoms with Crippen LogP contribution in [0.2, 0.25) is 5.02 Å². The zero-order valence-corrected chi connectivity index (χ0v) is 14.5. The summed E-state index contributed by atoms with van der Waals surface area (Å²) in [5, 5.41) is 17.9. The number of thiophene rings is 1. The molecule has 0 atom stereocenters. The highest BCUT2D eigenvalue weighted by molar-refractivity contribution is 8.27. The molecular weight excluding hydrogens is 364 g/mol. The van der Waals surface area contributed by atoms with Gasteiger partial charge in [-0.25, -0.2) is 0 Å². The van der Waals surface area contributed by atoms with E-state index in [4.69, 9.17) is 17.0 Å². The molecule has 1 N–H and O–H groups in total. The van der Waals surface area contributed by atoms with Crippen LogP contribution in [0.25, 0.3) is 6.08 Å². The number of hydrazone groups is 1. The SMILES string of the molecule is N=C1/C(=C/c2ccc(Cl)cc2)C(=O)N=C2SC(c3cccs3)=NN12. The Labute approximate surface area is 150 Å². The van der Waals surface area contributed by atoms with Crippen molar-refractivity contribution in [2.75, 3.05) is 0 Å². The number of benzene rings is 1. The zero-order valence-electron chi connectivity index (χ0n) is 12.1. The fraction of sp³-hybridized carbons (Fsp3) is 0. The molecular formula is C16H9ClN4OS2. The molecule has 0 saturated carbocycles. The van der Waals surface area contributed by atoms with Crippen LogP contribution >= 0.6 is 34.7 Å². The van der Waals surface area contributed by atoms with Gasteiger partial charge in [-0.2, -0.15) is 15.1 Å². The Morgan fingerprint density at radius 1 is 1.21 bits per heavy atom. The number of nitrogens with zero attached hydrogens (tertiary/aromatic N) is 3. The highest BCUT2D eigenvalue weighted by Gasteiger charge is 2.36. The summed E-state index contributed by atoms with van der Waals surface area (Å²) in [6.07, 6.45) is 1.63. The van der Waals surface area contributed by atoms with E-state index in [1.165, 1.54) is 16.8 Å². The van der Waals surface area contributed by atoms with Crippen LogP contribution in [0.5, 0.6) is 0 Å². The van der Waals surface area contributed by atoms with Gasteiger partial charge in [-0.1, -0.05) is 29.8 Å². The molecule has 0 fully saturated rings. The van der Waals surface area contributed by atoms with E-state index in [1.54, 1.807) is 41.7 Å². The first-order chi connectivity index (χ1) is 11.6. The molecule has 1 aromatic heterocycles. The van der Waals surface area contributed by atoms with E-state index in [9.17, 15) is 4.79 Å². The normalized spacial score (nSPS) is 18.7. The number of aliphatic imine (C=N–C) groups is 1. The van der Waals surface area contributed by atoms with Gasteiger partial charge in [-0.3, -0.25) is 10.2 Å². The fourth-order valence-corrected chi connectivity index (χ4v) is 4.03. The van der Waals surface area contributed by atoms with Crippen LogP contribution in [0.1, 0.15) is 10.4 Å². The zero-order chi connectivity index (χ0) is 16.7. The monoisotopic (exact) mass is 372 g/mol. The van der Waals surface area contributed by atoms with Gasteiger partial charge in [-0.05, 0) is 47.0 Å². The average molecular weight is 373 g/mol. The third-order valence-electron chi connectivity index (χ3n) is 3.37. The second-order valence-electron chi connectivity index (χ2n) is 4.95. The molecule has 0 saturated heterocycles. The summed E-state index contributed by atoms with van der Waals surface area (Å²) in [4.78, 5) is 17.4. The molecule has 2 aliphatic heterocycles. The Bertz CT molecular complexity index is 929. The smallest absolute Gasteiger partial charge is 0.282 e. The van der Waals surface area contributed by atoms with Crippen LogP contribution in [-0.2, 0) is 4.79 Å². The average Bonchev–Trinajstić information content (AvgIpc) is 3.22. The number of halogens is 1. The van der Waals surface area contributed by atoms with E-state index >= 15 is 0 Å². The lowest BCUT2D eigenvalue weighted by molar-refractivity contribution is -0.114. The number of carbonyl (C=O) groups is 1. The minimum atomic E-state index is -0.434. The predicted molar refractivity (Wildman–Crippen MR) is 99.9 cm³/mol. The highest BCUT2D eigenvalue weighted by Crippen LogP contribution is 2.32. The van der Waals surface area contributed by atoms with Gasteiger partial charge in [0.15, 0.2) is 5.84 Å². The molecule has 3 heterocycles. The fourth-order valence-electron chi connectivity index (χ4n) is 2.22. The molecule has 0 spiro atoms. The van der Waals surface area contributed by atoms with Gasteiger partial charge in [0.25, 0.3) is 5.91 Å². The number of fused-ring (bicyclic) bond motifs is 1. The maximum atomic E-state index is 12.3. The van der Waals surface area contributed by atoms with E-state index in [0.717, 1.165) is 15.5 Å². The molecule has 2 aliphatic rings. The highest BCUT2D eigenvalue weighted by atomic mass is 35.5. The lowest BCUT2D eigenvalue weighted by Gasteiger charge is -2.20. The summed E-state index contributed by atoms with van der Waals surface area (Å²) >= 11 is 8.73. The van der Waals surface area contributed by atoms with Crippen molar-refractivity contribution >= 4 is 62.7 Å². The number of nitrogens with one attached hydrogen (secondary N) is 1. The van der Waals surface area contributed by atoms with Crippen molar-refractivity contribution in [3.05, 3.63) is 62.8 Å². The summed E-state index contributed by atoms with van der Waals surface area (Å²) in [6.45, 7) is 0. The number of hydrogen-bond donors (Lipinski definition) is 1. The van der Waals surface area contributed by atoms with E-state index < -0.39 is 5.91 Å². The van der Waals surface area contributed by atoms with E-state index in [1.807, 2.05) is 17.5 Å². The van der Waals surface area contributed by atoms with Crippen LogP contribution in [0, 0.1) is 5.41 Å². The molecule has 0 bridgehead atoms. The Balaban J connectivity index is 1.70. The Morgan fingerprint density at radius 2 is 2.00 bits per heavy atom. The standard InChI is InChI=1S/C16H9ClN4OS2/c17-10-5-3-9(4-6-10)8-11-13(18)21-16(19-14(11)22)24-15(20-21)12-2-1-7-23-12/h1-8,18H/b11-8-,18-13?. The summed E-state index contributed by atoms with van der Waals surface area (Å²) in [5.41, 5.74) is 0.985. The quantitative estimate of drug-likeness (QED) is 0.808. The number of carbonyl (C=O) groups excluding carboxylic acids is 1. The lowest BCUT2D eigenvalue weighted by atomic mass is 10.1. The van der Waals surface area contributed by atoms with Crippen LogP contribution in [0.15, 0.2) is 57.4 Å². The van der Waals surface area contributed by atoms with Gasteiger partial charge >= 0.3 is 0 Å². The van der Waals surface area contributed by atoms with Crippen molar-refractivity contribution in [1.29, 1.82) is 5.41 Å². The Hall–Kier alpha value is -2.22. The molecule has 4 rings (SSSR count). The number of amidine groups is 2. The van der Waals surface area contributed by atoms with Gasteiger partial charge in [-0.15, -0.1) is 11.3 Å². The molecule has 1 aromatic carbocycles. The second-order valence-corrected chi connectivity index (χ2v) is 7.29. The van der Waals surface area contributed by atoms with Crippen molar-refractivity contribution in [2.45, 2.75) is 0 Å². The summed E-state index contributed by atoms with van der Waals surface area (Å²) in [7, 11) is 0. The summed E-state index contributed by atoms with van der Waals surface area (Å²) in [5.74, 6) is -0.407. The molecule has 0 aliphatic carbocycles. The van der Waals surface area contributed by atoms with Crippen molar-refractivity contribution in [3.63, 3.8) is 0 Å². The van der Waals surface area contributed by atoms with Crippen molar-refractivity contribution in [1.82, 2.24) is 5.01 Å². The first-order valence-corrected chi connectivity index (χ1v) is 8.99. The number of rotatable bonds is 2. The number of hydrogen-bond acceptors (Lipinski definition) is 5. The Kier molecular flexibility index (Phi) is 3.84. The van der Waals surface area contributed by atoms with Crippen LogP contribution in [-0.4, -0.2) is 27.0 Å². The second kappa shape index (κ2) is 6.01. The van der Waals surface area contributed by atoms with Gasteiger partial charge < -0.3 is 0 Å². The number of thioether (sulfide) groups is 1. The summed E-state index contributed by atoms with van der Waals surface area (Å²) < 4.78 is 0. The largest absolute Gasteiger partial charge is 0.283 e. The first kappa shape index (κ1) is 15.3. The topological polar surface area (TPSA) is 68.9 Å². The molecule has 118 valence electrons. The first-order valence-electron chi connectivity index (χ1n) is 6.91. The summed E-state index contributed by atoms with van der Waals surface area (Å²) in [6, 6.07) is 10.9. The van der Waals surface area contributed by atoms with Gasteiger partial charge in [0.2, 0.25) is 5.17 Å². The van der Waals surface area contributed by atoms with E-state index in [-0.39, 0.29) is 11.4 Å². The Morgan fingerprint density at radius 3 is 2.71 bits per heavy atom. The van der Waals surface area contributed by atoms with Crippen molar-refractivity contribution in [2.24, 2.45) is 10.1 Å². The van der Waals surface area contributed by atoms with Crippen LogP contribution < -0.4 is 0 Å². The molecule has 5 nitrogen and oxygen atoms in total. The van der Waals surface area contributed by atoms with Crippen LogP contribution in [0.3, 0.4) is 0 Å². The molecule has 2 aromatic rings. The van der Waals surface area contributed by atoms with Crippen molar-refractivity contribution < 1.29 is 4.79 Å². The van der Waals surface area contributed by atoms with Crippen molar-refractivity contribution in [3.8, 4) is 0 Å². The molecule has 1 amide bonds. The van der Waals surface area contributed by atoms with Gasteiger partial charge in [0, 0.05) is 5.02 Å². The van der Waals surface area contributed by atoms with Crippen LogP contribution in [0.4, 0.5) is 0 Å². The molecule has 0 unspecified atom stereocenters. The molecule has 0 radical (unpaired) electrons.